The zero-order valence-corrected chi connectivity index (χ0v) is 9.92. The summed E-state index contributed by atoms with van der Waals surface area (Å²) in [5.74, 6) is -0.758. The smallest absolute Gasteiger partial charge is 0.283 e. The quantitative estimate of drug-likeness (QED) is 0.529. The van der Waals surface area contributed by atoms with Gasteiger partial charge in [-0.15, -0.1) is 0 Å². The van der Waals surface area contributed by atoms with Crippen LogP contribution >= 0.6 is 11.6 Å². The van der Waals surface area contributed by atoms with Crippen LogP contribution in [-0.4, -0.2) is 40.3 Å². The summed E-state index contributed by atoms with van der Waals surface area (Å²) < 4.78 is 0. The second-order valence-electron chi connectivity index (χ2n) is 3.45. The van der Waals surface area contributed by atoms with Crippen molar-refractivity contribution in [1.82, 2.24) is 5.32 Å². The monoisotopic (exact) mass is 274 g/mol. The van der Waals surface area contributed by atoms with Crippen molar-refractivity contribution in [2.75, 3.05) is 13.2 Å². The van der Waals surface area contributed by atoms with Crippen LogP contribution in [0.1, 0.15) is 10.4 Å². The molecule has 1 aromatic carbocycles. The Labute approximate surface area is 107 Å². The topological polar surface area (TPSA) is 113 Å². The molecule has 0 aromatic heterocycles. The molecule has 0 aliphatic rings. The third kappa shape index (κ3) is 3.39. The van der Waals surface area contributed by atoms with Crippen molar-refractivity contribution in [3.8, 4) is 0 Å². The fraction of sp³-hybridized carbons (Fsp3) is 0.300. The Hall–Kier alpha value is -1.70. The summed E-state index contributed by atoms with van der Waals surface area (Å²) in [4.78, 5) is 21.8. The van der Waals surface area contributed by atoms with Gasteiger partial charge < -0.3 is 15.5 Å². The van der Waals surface area contributed by atoms with Crippen LogP contribution in [0.4, 0.5) is 5.69 Å². The summed E-state index contributed by atoms with van der Waals surface area (Å²) in [6.45, 7) is -0.937. The number of nitrogens with zero attached hydrogens (tertiary/aromatic N) is 1. The normalized spacial score (nSPS) is 10.4. The molecule has 0 saturated carbocycles. The maximum absolute atomic E-state index is 11.7. The van der Waals surface area contributed by atoms with Gasteiger partial charge in [-0.3, -0.25) is 14.9 Å². The molecule has 0 bridgehead atoms. The van der Waals surface area contributed by atoms with Gasteiger partial charge in [-0.25, -0.2) is 0 Å². The minimum absolute atomic E-state index is 0.138. The Bertz CT molecular complexity index is 462. The molecule has 0 aliphatic heterocycles. The first-order chi connectivity index (χ1) is 8.49. The number of halogens is 1. The fourth-order valence-electron chi connectivity index (χ4n) is 1.26. The molecule has 0 spiro atoms. The lowest BCUT2D eigenvalue weighted by Crippen LogP contribution is -2.40. The number of carbonyl (C=O) groups is 1. The summed E-state index contributed by atoms with van der Waals surface area (Å²) in [6, 6.07) is 2.74. The highest BCUT2D eigenvalue weighted by atomic mass is 35.5. The summed E-state index contributed by atoms with van der Waals surface area (Å²) in [6.07, 6.45) is 0. The molecule has 0 saturated heterocycles. The molecule has 8 heteroatoms. The number of hydrogen-bond donors (Lipinski definition) is 3. The molecule has 0 heterocycles. The molecule has 0 fully saturated rings. The third-order valence-corrected chi connectivity index (χ3v) is 2.41. The van der Waals surface area contributed by atoms with Crippen LogP contribution in [0.15, 0.2) is 18.2 Å². The van der Waals surface area contributed by atoms with E-state index in [1.807, 2.05) is 0 Å². The molecule has 1 rings (SSSR count). The number of nitro benzene ring substituents is 1. The second kappa shape index (κ2) is 6.29. The zero-order valence-electron chi connectivity index (χ0n) is 9.17. The lowest BCUT2D eigenvalue weighted by molar-refractivity contribution is -0.385. The van der Waals surface area contributed by atoms with Crippen molar-refractivity contribution in [2.24, 2.45) is 0 Å². The van der Waals surface area contributed by atoms with Gasteiger partial charge in [0.05, 0.1) is 24.2 Å². The number of hydrogen-bond acceptors (Lipinski definition) is 5. The van der Waals surface area contributed by atoms with E-state index in [0.717, 1.165) is 6.07 Å². The van der Waals surface area contributed by atoms with E-state index in [9.17, 15) is 14.9 Å². The van der Waals surface area contributed by atoms with Crippen molar-refractivity contribution in [1.29, 1.82) is 0 Å². The highest BCUT2D eigenvalue weighted by Crippen LogP contribution is 2.23. The van der Waals surface area contributed by atoms with Crippen molar-refractivity contribution in [2.45, 2.75) is 6.04 Å². The summed E-state index contributed by atoms with van der Waals surface area (Å²) in [7, 11) is 0. The van der Waals surface area contributed by atoms with Gasteiger partial charge in [0, 0.05) is 11.1 Å². The lowest BCUT2D eigenvalue weighted by atomic mass is 10.1. The van der Waals surface area contributed by atoms with Gasteiger partial charge in [0.25, 0.3) is 11.6 Å². The van der Waals surface area contributed by atoms with Crippen LogP contribution in [0.5, 0.6) is 0 Å². The number of aliphatic hydroxyl groups is 2. The molecule has 1 amide bonds. The molecular formula is C10H11ClN2O5. The molecule has 1 aromatic rings. The molecule has 7 nitrogen and oxygen atoms in total. The standard InChI is InChI=1S/C10H11ClN2O5/c11-6-1-2-8(9(3-6)13(17)18)10(16)12-7(4-14)5-15/h1-3,7,14-15H,4-5H2,(H,12,16). The maximum atomic E-state index is 11.7. The predicted molar refractivity (Wildman–Crippen MR) is 63.5 cm³/mol. The molecule has 98 valence electrons. The van der Waals surface area contributed by atoms with Crippen LogP contribution in [-0.2, 0) is 0 Å². The van der Waals surface area contributed by atoms with Gasteiger partial charge in [-0.1, -0.05) is 11.6 Å². The minimum atomic E-state index is -0.868. The molecule has 3 N–H and O–H groups in total. The Kier molecular flexibility index (Phi) is 5.02. The number of benzene rings is 1. The number of nitro groups is 1. The first kappa shape index (κ1) is 14.4. The first-order valence-electron chi connectivity index (χ1n) is 4.96. The highest BCUT2D eigenvalue weighted by molar-refractivity contribution is 6.31. The van der Waals surface area contributed by atoms with E-state index in [4.69, 9.17) is 21.8 Å². The lowest BCUT2D eigenvalue weighted by Gasteiger charge is -2.13. The van der Waals surface area contributed by atoms with E-state index >= 15 is 0 Å². The summed E-state index contributed by atoms with van der Waals surface area (Å²) >= 11 is 5.61. The maximum Gasteiger partial charge on any atom is 0.283 e. The SMILES string of the molecule is O=C(NC(CO)CO)c1ccc(Cl)cc1[N+](=O)[O-]. The minimum Gasteiger partial charge on any atom is -0.394 e. The van der Waals surface area contributed by atoms with Crippen LogP contribution in [0.2, 0.25) is 5.02 Å². The van der Waals surface area contributed by atoms with E-state index < -0.39 is 35.8 Å². The van der Waals surface area contributed by atoms with Gasteiger partial charge in [-0.05, 0) is 12.1 Å². The van der Waals surface area contributed by atoms with Crippen molar-refractivity contribution < 1.29 is 19.9 Å². The summed E-state index contributed by atoms with van der Waals surface area (Å²) in [5.41, 5.74) is -0.620. The number of rotatable bonds is 5. The first-order valence-corrected chi connectivity index (χ1v) is 5.34. The van der Waals surface area contributed by atoms with Gasteiger partial charge in [0.1, 0.15) is 5.56 Å². The Morgan fingerprint density at radius 2 is 2.06 bits per heavy atom. The summed E-state index contributed by atoms with van der Waals surface area (Å²) in [5, 5.41) is 30.8. The molecule has 0 atom stereocenters. The number of amides is 1. The molecule has 0 aliphatic carbocycles. The zero-order chi connectivity index (χ0) is 13.7. The number of carbonyl (C=O) groups excluding carboxylic acids is 1. The molecule has 0 unspecified atom stereocenters. The van der Waals surface area contributed by atoms with E-state index in [0.29, 0.717) is 0 Å². The number of aliphatic hydroxyl groups excluding tert-OH is 2. The van der Waals surface area contributed by atoms with Gasteiger partial charge in [0.15, 0.2) is 0 Å². The number of nitrogens with one attached hydrogen (secondary N) is 1. The average Bonchev–Trinajstić information content (AvgIpc) is 2.35. The van der Waals surface area contributed by atoms with Gasteiger partial charge in [0.2, 0.25) is 0 Å². The predicted octanol–water partition coefficient (Wildman–Crippen LogP) is 0.331. The van der Waals surface area contributed by atoms with Crippen molar-refractivity contribution in [3.05, 3.63) is 38.9 Å². The fourth-order valence-corrected chi connectivity index (χ4v) is 1.43. The average molecular weight is 275 g/mol. The Morgan fingerprint density at radius 3 is 2.56 bits per heavy atom. The van der Waals surface area contributed by atoms with Crippen molar-refractivity contribution >= 4 is 23.2 Å². The van der Waals surface area contributed by atoms with Crippen LogP contribution in [0.3, 0.4) is 0 Å². The largest absolute Gasteiger partial charge is 0.394 e. The van der Waals surface area contributed by atoms with Crippen molar-refractivity contribution in [3.63, 3.8) is 0 Å². The Balaban J connectivity index is 3.02. The van der Waals surface area contributed by atoms with E-state index in [1.165, 1.54) is 12.1 Å². The van der Waals surface area contributed by atoms with Crippen LogP contribution in [0, 0.1) is 10.1 Å². The second-order valence-corrected chi connectivity index (χ2v) is 3.89. The van der Waals surface area contributed by atoms with Crippen LogP contribution in [0.25, 0.3) is 0 Å². The molecular weight excluding hydrogens is 264 g/mol. The molecule has 18 heavy (non-hydrogen) atoms. The van der Waals surface area contributed by atoms with E-state index in [-0.39, 0.29) is 10.6 Å². The van der Waals surface area contributed by atoms with E-state index in [1.54, 1.807) is 0 Å². The highest BCUT2D eigenvalue weighted by Gasteiger charge is 2.22. The van der Waals surface area contributed by atoms with Crippen LogP contribution < -0.4 is 5.32 Å². The Morgan fingerprint density at radius 1 is 1.44 bits per heavy atom. The van der Waals surface area contributed by atoms with Gasteiger partial charge >= 0.3 is 0 Å². The third-order valence-electron chi connectivity index (χ3n) is 2.18. The van der Waals surface area contributed by atoms with E-state index in [2.05, 4.69) is 5.32 Å². The molecule has 0 radical (unpaired) electrons. The van der Waals surface area contributed by atoms with Gasteiger partial charge in [-0.2, -0.15) is 0 Å².